The number of anilines is 1. The van der Waals surface area contributed by atoms with E-state index in [4.69, 9.17) is 0 Å². The zero-order valence-corrected chi connectivity index (χ0v) is 19.1. The monoisotopic (exact) mass is 449 g/mol. The average Bonchev–Trinajstić information content (AvgIpc) is 2.78. The number of hydrogen-bond donors (Lipinski definition) is 2. The molecular weight excluding hydrogens is 422 g/mol. The molecule has 0 atom stereocenters. The van der Waals surface area contributed by atoms with Gasteiger partial charge in [-0.1, -0.05) is 48.5 Å². The maximum Gasteiger partial charge on any atom is 0.240 e. The minimum atomic E-state index is -3.69. The lowest BCUT2D eigenvalue weighted by Gasteiger charge is -2.18. The van der Waals surface area contributed by atoms with E-state index in [2.05, 4.69) is 39.2 Å². The van der Waals surface area contributed by atoms with Gasteiger partial charge in [0.2, 0.25) is 15.9 Å². The van der Waals surface area contributed by atoms with Crippen LogP contribution in [0.4, 0.5) is 5.69 Å². The summed E-state index contributed by atoms with van der Waals surface area (Å²) in [5.74, 6) is -0.0439. The molecule has 0 unspecified atom stereocenters. The summed E-state index contributed by atoms with van der Waals surface area (Å²) in [6.07, 6.45) is 0.905. The topological polar surface area (TPSA) is 78.5 Å². The Morgan fingerprint density at radius 3 is 2.47 bits per heavy atom. The molecule has 1 heterocycles. The summed E-state index contributed by atoms with van der Waals surface area (Å²) in [7, 11) is 0.378. The third-order valence-electron chi connectivity index (χ3n) is 5.52. The van der Waals surface area contributed by atoms with Crippen LogP contribution in [-0.4, -0.2) is 33.3 Å². The summed E-state index contributed by atoms with van der Waals surface area (Å²) in [5, 5.41) is 2.78. The molecule has 166 valence electrons. The Morgan fingerprint density at radius 2 is 1.72 bits per heavy atom. The summed E-state index contributed by atoms with van der Waals surface area (Å²) in [6, 6.07) is 21.0. The Bertz CT molecular complexity index is 1240. The number of hydrogen-bond acceptors (Lipinski definition) is 4. The molecule has 1 aliphatic heterocycles. The van der Waals surface area contributed by atoms with Gasteiger partial charge in [-0.3, -0.25) is 4.79 Å². The summed E-state index contributed by atoms with van der Waals surface area (Å²) < 4.78 is 28.6. The SMILES string of the molecule is CN(C)Cc1ccc(-c2ccccc2CNS(=O)(=O)c2ccc3c(c2)CCC(=O)N3)cc1. The van der Waals surface area contributed by atoms with E-state index >= 15 is 0 Å². The van der Waals surface area contributed by atoms with E-state index in [1.807, 2.05) is 38.4 Å². The first-order valence-corrected chi connectivity index (χ1v) is 12.0. The van der Waals surface area contributed by atoms with Crippen LogP contribution in [0.2, 0.25) is 0 Å². The van der Waals surface area contributed by atoms with Crippen LogP contribution in [0.15, 0.2) is 71.6 Å². The number of aryl methyl sites for hydroxylation is 1. The maximum absolute atomic E-state index is 12.9. The normalized spacial score (nSPS) is 13.7. The van der Waals surface area contributed by atoms with Gasteiger partial charge in [0.15, 0.2) is 0 Å². The molecular formula is C25H27N3O3S. The Morgan fingerprint density at radius 1 is 0.969 bits per heavy atom. The summed E-state index contributed by atoms with van der Waals surface area (Å²) in [6.45, 7) is 1.05. The van der Waals surface area contributed by atoms with Crippen LogP contribution >= 0.6 is 0 Å². The van der Waals surface area contributed by atoms with Crippen molar-refractivity contribution in [3.8, 4) is 11.1 Å². The van der Waals surface area contributed by atoms with Gasteiger partial charge in [-0.25, -0.2) is 13.1 Å². The molecule has 0 radical (unpaired) electrons. The van der Waals surface area contributed by atoms with Crippen LogP contribution in [0.1, 0.15) is 23.1 Å². The lowest BCUT2D eigenvalue weighted by molar-refractivity contribution is -0.116. The zero-order valence-electron chi connectivity index (χ0n) is 18.3. The molecule has 0 saturated carbocycles. The molecule has 0 fully saturated rings. The second kappa shape index (κ2) is 9.24. The average molecular weight is 450 g/mol. The molecule has 32 heavy (non-hydrogen) atoms. The van der Waals surface area contributed by atoms with Crippen LogP contribution in [-0.2, 0) is 34.3 Å². The van der Waals surface area contributed by atoms with E-state index in [0.29, 0.717) is 18.5 Å². The molecule has 1 aliphatic rings. The third kappa shape index (κ3) is 5.07. The maximum atomic E-state index is 12.9. The molecule has 0 aromatic heterocycles. The van der Waals surface area contributed by atoms with Crippen molar-refractivity contribution in [2.45, 2.75) is 30.8 Å². The smallest absolute Gasteiger partial charge is 0.240 e. The van der Waals surface area contributed by atoms with Gasteiger partial charge < -0.3 is 10.2 Å². The van der Waals surface area contributed by atoms with Gasteiger partial charge >= 0.3 is 0 Å². The van der Waals surface area contributed by atoms with Crippen LogP contribution in [0.3, 0.4) is 0 Å². The van der Waals surface area contributed by atoms with E-state index in [-0.39, 0.29) is 17.3 Å². The van der Waals surface area contributed by atoms with Gasteiger partial charge in [-0.2, -0.15) is 0 Å². The molecule has 6 nitrogen and oxygen atoms in total. The molecule has 2 N–H and O–H groups in total. The lowest BCUT2D eigenvalue weighted by Crippen LogP contribution is -2.24. The highest BCUT2D eigenvalue weighted by Gasteiger charge is 2.20. The molecule has 3 aromatic carbocycles. The van der Waals surface area contributed by atoms with Crippen LogP contribution in [0.25, 0.3) is 11.1 Å². The predicted molar refractivity (Wildman–Crippen MR) is 127 cm³/mol. The van der Waals surface area contributed by atoms with Crippen LogP contribution < -0.4 is 10.0 Å². The fourth-order valence-corrected chi connectivity index (χ4v) is 4.95. The highest BCUT2D eigenvalue weighted by Crippen LogP contribution is 2.27. The number of carbonyl (C=O) groups is 1. The first-order valence-electron chi connectivity index (χ1n) is 10.6. The lowest BCUT2D eigenvalue weighted by atomic mass is 9.99. The molecule has 1 amide bonds. The van der Waals surface area contributed by atoms with Crippen molar-refractivity contribution in [2.24, 2.45) is 0 Å². The Kier molecular flexibility index (Phi) is 6.41. The van der Waals surface area contributed by atoms with Crippen molar-refractivity contribution in [3.05, 3.63) is 83.4 Å². The number of sulfonamides is 1. The zero-order chi connectivity index (χ0) is 22.7. The fourth-order valence-electron chi connectivity index (χ4n) is 3.89. The van der Waals surface area contributed by atoms with Gasteiger partial charge in [0.1, 0.15) is 0 Å². The predicted octanol–water partition coefficient (Wildman–Crippen LogP) is 3.78. The van der Waals surface area contributed by atoms with Crippen molar-refractivity contribution in [1.82, 2.24) is 9.62 Å². The molecule has 3 aromatic rings. The van der Waals surface area contributed by atoms with E-state index in [1.54, 1.807) is 12.1 Å². The number of nitrogens with zero attached hydrogens (tertiary/aromatic N) is 1. The molecule has 4 rings (SSSR count). The third-order valence-corrected chi connectivity index (χ3v) is 6.92. The number of fused-ring (bicyclic) bond motifs is 1. The second-order valence-corrected chi connectivity index (χ2v) is 10.1. The van der Waals surface area contributed by atoms with Crippen LogP contribution in [0, 0.1) is 0 Å². The van der Waals surface area contributed by atoms with Crippen molar-refractivity contribution in [2.75, 3.05) is 19.4 Å². The van der Waals surface area contributed by atoms with E-state index in [0.717, 1.165) is 28.8 Å². The standard InChI is InChI=1S/C25H27N3O3S/c1-28(2)17-18-7-9-19(10-8-18)23-6-4-3-5-21(23)16-26-32(30,31)22-12-13-24-20(15-22)11-14-25(29)27-24/h3-10,12-13,15,26H,11,14,16-17H2,1-2H3,(H,27,29). The fraction of sp³-hybridized carbons (Fsp3) is 0.240. The minimum Gasteiger partial charge on any atom is -0.326 e. The van der Waals surface area contributed by atoms with Crippen molar-refractivity contribution >= 4 is 21.6 Å². The Labute approximate surface area is 189 Å². The highest BCUT2D eigenvalue weighted by molar-refractivity contribution is 7.89. The van der Waals surface area contributed by atoms with Gasteiger partial charge in [0.05, 0.1) is 4.90 Å². The van der Waals surface area contributed by atoms with Crippen LogP contribution in [0.5, 0.6) is 0 Å². The summed E-state index contributed by atoms with van der Waals surface area (Å²) in [4.78, 5) is 13.9. The number of rotatable bonds is 7. The number of nitrogens with one attached hydrogen (secondary N) is 2. The van der Waals surface area contributed by atoms with Crippen molar-refractivity contribution in [1.29, 1.82) is 0 Å². The number of carbonyl (C=O) groups excluding carboxylic acids is 1. The van der Waals surface area contributed by atoms with Crippen molar-refractivity contribution in [3.63, 3.8) is 0 Å². The molecule has 0 aliphatic carbocycles. The van der Waals surface area contributed by atoms with E-state index in [1.165, 1.54) is 11.6 Å². The largest absolute Gasteiger partial charge is 0.326 e. The van der Waals surface area contributed by atoms with Crippen molar-refractivity contribution < 1.29 is 13.2 Å². The second-order valence-electron chi connectivity index (χ2n) is 8.28. The van der Waals surface area contributed by atoms with E-state index in [9.17, 15) is 13.2 Å². The van der Waals surface area contributed by atoms with Gasteiger partial charge in [0, 0.05) is 25.2 Å². The number of amides is 1. The first-order chi connectivity index (χ1) is 15.3. The summed E-state index contributed by atoms with van der Waals surface area (Å²) in [5.41, 5.74) is 5.70. The number of benzene rings is 3. The first kappa shape index (κ1) is 22.2. The Hall–Kier alpha value is -3.00. The molecule has 7 heteroatoms. The summed E-state index contributed by atoms with van der Waals surface area (Å²) >= 11 is 0. The molecule has 0 bridgehead atoms. The minimum absolute atomic E-state index is 0.0439. The van der Waals surface area contributed by atoms with Gasteiger partial charge in [-0.05, 0) is 66.5 Å². The van der Waals surface area contributed by atoms with Gasteiger partial charge in [0.25, 0.3) is 0 Å². The molecule has 0 spiro atoms. The van der Waals surface area contributed by atoms with Gasteiger partial charge in [-0.15, -0.1) is 0 Å². The quantitative estimate of drug-likeness (QED) is 0.575. The van der Waals surface area contributed by atoms with E-state index < -0.39 is 10.0 Å². The highest BCUT2D eigenvalue weighted by atomic mass is 32.2. The Balaban J connectivity index is 1.52. The molecule has 0 saturated heterocycles.